The zero-order valence-electron chi connectivity index (χ0n) is 15.1. The van der Waals surface area contributed by atoms with E-state index in [2.05, 4.69) is 20.9 Å². The standard InChI is InChI=1S/C21H15BrN4O3/c22-16-6-2-1-5-13(16)12-25-19-8-4-3-7-18(19)24-20(21(25)27)15-11-14(26(28)29)9-10-17(15)23/h1-11H,12,23H2. The van der Waals surface area contributed by atoms with Crippen molar-refractivity contribution < 1.29 is 4.92 Å². The number of anilines is 1. The van der Waals surface area contributed by atoms with Gasteiger partial charge >= 0.3 is 0 Å². The number of fused-ring (bicyclic) bond motifs is 1. The van der Waals surface area contributed by atoms with Crippen molar-refractivity contribution in [3.05, 3.63) is 97.2 Å². The molecule has 0 saturated heterocycles. The molecule has 0 atom stereocenters. The zero-order valence-corrected chi connectivity index (χ0v) is 16.7. The van der Waals surface area contributed by atoms with Crippen molar-refractivity contribution in [2.45, 2.75) is 6.54 Å². The fourth-order valence-electron chi connectivity index (χ4n) is 3.18. The molecule has 0 aliphatic rings. The van der Waals surface area contributed by atoms with Gasteiger partial charge in [-0.25, -0.2) is 4.98 Å². The highest BCUT2D eigenvalue weighted by atomic mass is 79.9. The number of nitrogens with zero attached hydrogens (tertiary/aromatic N) is 3. The molecule has 1 heterocycles. The Kier molecular flexibility index (Phi) is 4.85. The first-order chi connectivity index (χ1) is 14.0. The lowest BCUT2D eigenvalue weighted by atomic mass is 10.1. The molecule has 0 amide bonds. The summed E-state index contributed by atoms with van der Waals surface area (Å²) in [7, 11) is 0. The highest BCUT2D eigenvalue weighted by molar-refractivity contribution is 9.10. The highest BCUT2D eigenvalue weighted by Crippen LogP contribution is 2.28. The van der Waals surface area contributed by atoms with Gasteiger partial charge in [-0.05, 0) is 29.8 Å². The van der Waals surface area contributed by atoms with Crippen LogP contribution in [0.15, 0.2) is 76.0 Å². The van der Waals surface area contributed by atoms with Gasteiger partial charge in [0.1, 0.15) is 5.69 Å². The molecule has 0 aliphatic heterocycles. The number of rotatable bonds is 4. The number of nitro benzene ring substituents is 1. The van der Waals surface area contributed by atoms with Crippen molar-refractivity contribution in [3.8, 4) is 11.3 Å². The molecular weight excluding hydrogens is 436 g/mol. The van der Waals surface area contributed by atoms with Crippen LogP contribution >= 0.6 is 15.9 Å². The molecule has 0 radical (unpaired) electrons. The Balaban J connectivity index is 1.99. The number of non-ortho nitro benzene ring substituents is 1. The summed E-state index contributed by atoms with van der Waals surface area (Å²) < 4.78 is 2.49. The number of para-hydroxylation sites is 2. The van der Waals surface area contributed by atoms with Crippen molar-refractivity contribution in [2.75, 3.05) is 5.73 Å². The number of hydrogen-bond acceptors (Lipinski definition) is 5. The van der Waals surface area contributed by atoms with E-state index in [1.807, 2.05) is 42.5 Å². The summed E-state index contributed by atoms with van der Waals surface area (Å²) in [5, 5.41) is 11.2. The fourth-order valence-corrected chi connectivity index (χ4v) is 3.59. The number of nitro groups is 1. The minimum Gasteiger partial charge on any atom is -0.398 e. The third-order valence-electron chi connectivity index (χ3n) is 4.64. The Hall–Kier alpha value is -3.52. The summed E-state index contributed by atoms with van der Waals surface area (Å²) in [6, 6.07) is 18.9. The third kappa shape index (κ3) is 3.50. The van der Waals surface area contributed by atoms with Gasteiger partial charge in [0.15, 0.2) is 0 Å². The van der Waals surface area contributed by atoms with Crippen molar-refractivity contribution in [3.63, 3.8) is 0 Å². The summed E-state index contributed by atoms with van der Waals surface area (Å²) in [4.78, 5) is 28.5. The fraction of sp³-hybridized carbons (Fsp3) is 0.0476. The first kappa shape index (κ1) is 18.8. The number of aromatic nitrogens is 2. The quantitative estimate of drug-likeness (QED) is 0.282. The Labute approximate surface area is 173 Å². The molecule has 0 aliphatic carbocycles. The third-order valence-corrected chi connectivity index (χ3v) is 5.42. The van der Waals surface area contributed by atoms with Crippen LogP contribution in [0.1, 0.15) is 5.56 Å². The van der Waals surface area contributed by atoms with E-state index in [0.29, 0.717) is 17.6 Å². The van der Waals surface area contributed by atoms with Gasteiger partial charge in [-0.15, -0.1) is 0 Å². The second-order valence-corrected chi connectivity index (χ2v) is 7.31. The molecule has 0 spiro atoms. The van der Waals surface area contributed by atoms with Gasteiger partial charge in [0.25, 0.3) is 11.2 Å². The maximum Gasteiger partial charge on any atom is 0.277 e. The van der Waals surface area contributed by atoms with Crippen LogP contribution in [0.3, 0.4) is 0 Å². The van der Waals surface area contributed by atoms with Gasteiger partial charge in [0, 0.05) is 27.9 Å². The van der Waals surface area contributed by atoms with E-state index in [-0.39, 0.29) is 28.2 Å². The van der Waals surface area contributed by atoms with Crippen LogP contribution in [0.2, 0.25) is 0 Å². The lowest BCUT2D eigenvalue weighted by molar-refractivity contribution is -0.384. The maximum absolute atomic E-state index is 13.4. The van der Waals surface area contributed by atoms with Gasteiger partial charge < -0.3 is 10.3 Å². The number of benzene rings is 3. The zero-order chi connectivity index (χ0) is 20.5. The molecule has 0 fully saturated rings. The second-order valence-electron chi connectivity index (χ2n) is 6.46. The monoisotopic (exact) mass is 450 g/mol. The molecule has 0 saturated carbocycles. The minimum absolute atomic E-state index is 0.0805. The lowest BCUT2D eigenvalue weighted by Crippen LogP contribution is -2.24. The predicted octanol–water partition coefficient (Wildman–Crippen LogP) is 4.36. The Morgan fingerprint density at radius 3 is 2.55 bits per heavy atom. The minimum atomic E-state index is -0.524. The molecule has 7 nitrogen and oxygen atoms in total. The van der Waals surface area contributed by atoms with E-state index in [1.54, 1.807) is 10.6 Å². The summed E-state index contributed by atoms with van der Waals surface area (Å²) >= 11 is 3.52. The van der Waals surface area contributed by atoms with Gasteiger partial charge in [0.2, 0.25) is 0 Å². The number of nitrogens with two attached hydrogens (primary N) is 1. The Morgan fingerprint density at radius 2 is 1.79 bits per heavy atom. The van der Waals surface area contributed by atoms with Crippen molar-refractivity contribution in [1.29, 1.82) is 0 Å². The highest BCUT2D eigenvalue weighted by Gasteiger charge is 2.18. The Morgan fingerprint density at radius 1 is 1.07 bits per heavy atom. The maximum atomic E-state index is 13.4. The Bertz CT molecular complexity index is 1320. The van der Waals surface area contributed by atoms with Crippen LogP contribution in [-0.4, -0.2) is 14.5 Å². The SMILES string of the molecule is Nc1ccc([N+](=O)[O-])cc1-c1nc2ccccc2n(Cc2ccccc2Br)c1=O. The van der Waals surface area contributed by atoms with Crippen LogP contribution in [0, 0.1) is 10.1 Å². The summed E-state index contributed by atoms with van der Waals surface area (Å²) in [5.41, 5.74) is 8.29. The van der Waals surface area contributed by atoms with Crippen LogP contribution in [0.5, 0.6) is 0 Å². The number of halogens is 1. The van der Waals surface area contributed by atoms with Crippen LogP contribution < -0.4 is 11.3 Å². The van der Waals surface area contributed by atoms with E-state index >= 15 is 0 Å². The first-order valence-electron chi connectivity index (χ1n) is 8.73. The van der Waals surface area contributed by atoms with Crippen LogP contribution in [-0.2, 0) is 6.54 Å². The average Bonchev–Trinajstić information content (AvgIpc) is 2.71. The summed E-state index contributed by atoms with van der Waals surface area (Å²) in [6.07, 6.45) is 0. The topological polar surface area (TPSA) is 104 Å². The van der Waals surface area contributed by atoms with E-state index in [4.69, 9.17) is 5.73 Å². The van der Waals surface area contributed by atoms with Gasteiger partial charge in [-0.2, -0.15) is 0 Å². The largest absolute Gasteiger partial charge is 0.398 e. The van der Waals surface area contributed by atoms with E-state index < -0.39 is 4.92 Å². The molecule has 4 aromatic rings. The predicted molar refractivity (Wildman–Crippen MR) is 116 cm³/mol. The van der Waals surface area contributed by atoms with Gasteiger partial charge in [-0.1, -0.05) is 46.3 Å². The number of nitrogen functional groups attached to an aromatic ring is 1. The summed E-state index contributed by atoms with van der Waals surface area (Å²) in [5.74, 6) is 0. The molecule has 29 heavy (non-hydrogen) atoms. The molecule has 0 bridgehead atoms. The summed E-state index contributed by atoms with van der Waals surface area (Å²) in [6.45, 7) is 0.311. The van der Waals surface area contributed by atoms with Gasteiger partial charge in [-0.3, -0.25) is 14.9 Å². The molecule has 3 aromatic carbocycles. The number of hydrogen-bond donors (Lipinski definition) is 1. The smallest absolute Gasteiger partial charge is 0.277 e. The van der Waals surface area contributed by atoms with Gasteiger partial charge in [0.05, 0.1) is 22.5 Å². The normalized spacial score (nSPS) is 10.9. The van der Waals surface area contributed by atoms with Crippen molar-refractivity contribution in [2.24, 2.45) is 0 Å². The average molecular weight is 451 g/mol. The first-order valence-corrected chi connectivity index (χ1v) is 9.52. The second kappa shape index (κ2) is 7.48. The molecule has 8 heteroatoms. The van der Waals surface area contributed by atoms with E-state index in [1.165, 1.54) is 18.2 Å². The van der Waals surface area contributed by atoms with E-state index in [9.17, 15) is 14.9 Å². The molecule has 2 N–H and O–H groups in total. The van der Waals surface area contributed by atoms with Crippen LogP contribution in [0.4, 0.5) is 11.4 Å². The van der Waals surface area contributed by atoms with Crippen molar-refractivity contribution in [1.82, 2.24) is 9.55 Å². The lowest BCUT2D eigenvalue weighted by Gasteiger charge is -2.14. The molecule has 1 aromatic heterocycles. The van der Waals surface area contributed by atoms with Crippen LogP contribution in [0.25, 0.3) is 22.3 Å². The van der Waals surface area contributed by atoms with E-state index in [0.717, 1.165) is 10.0 Å². The van der Waals surface area contributed by atoms with Crippen molar-refractivity contribution >= 4 is 38.3 Å². The molecular formula is C21H15BrN4O3. The molecule has 144 valence electrons. The molecule has 0 unspecified atom stereocenters. The molecule has 4 rings (SSSR count).